The number of aryl methyl sites for hydroxylation is 1. The highest BCUT2D eigenvalue weighted by Crippen LogP contribution is 2.36. The van der Waals surface area contributed by atoms with E-state index in [1.165, 1.54) is 0 Å². The molecule has 0 unspecified atom stereocenters. The summed E-state index contributed by atoms with van der Waals surface area (Å²) in [6.07, 6.45) is 3.32. The van der Waals surface area contributed by atoms with Crippen molar-refractivity contribution < 1.29 is 33.1 Å². The molecule has 0 bridgehead atoms. The zero-order chi connectivity index (χ0) is 26.7. The third-order valence-electron chi connectivity index (χ3n) is 6.98. The van der Waals surface area contributed by atoms with E-state index in [4.69, 9.17) is 23.5 Å². The molecular formula is C27H42BNO7. The van der Waals surface area contributed by atoms with E-state index in [9.17, 15) is 9.59 Å². The second kappa shape index (κ2) is 11.0. The van der Waals surface area contributed by atoms with Crippen LogP contribution in [0, 0.1) is 6.92 Å². The van der Waals surface area contributed by atoms with Gasteiger partial charge in [-0.2, -0.15) is 0 Å². The van der Waals surface area contributed by atoms with E-state index in [0.29, 0.717) is 5.75 Å². The lowest BCUT2D eigenvalue weighted by molar-refractivity contribution is -0.151. The van der Waals surface area contributed by atoms with E-state index < -0.39 is 42.0 Å². The standard InChI is InChI=1S/C27H42BNO7/c1-18-17-20(13-14-21(18)28-35-26(5,6)27(7,8)36-28)32-16-15-22(29-24(31)34-25(2,3)4)23(30)33-19-11-9-10-12-19/h13-14,17,19,22H,9-12,15-16H2,1-8H3,(H,29,31)/t22-/m0/s1. The van der Waals surface area contributed by atoms with Crippen LogP contribution in [0.25, 0.3) is 0 Å². The van der Waals surface area contributed by atoms with Crippen molar-refractivity contribution in [2.45, 2.75) is 116 Å². The molecule has 8 nitrogen and oxygen atoms in total. The molecule has 1 heterocycles. The molecule has 0 spiro atoms. The van der Waals surface area contributed by atoms with Crippen molar-refractivity contribution in [2.24, 2.45) is 0 Å². The number of esters is 1. The summed E-state index contributed by atoms with van der Waals surface area (Å²) in [6, 6.07) is 4.87. The molecule has 1 atom stereocenters. The predicted molar refractivity (Wildman–Crippen MR) is 139 cm³/mol. The first-order chi connectivity index (χ1) is 16.7. The molecule has 1 saturated heterocycles. The zero-order valence-electron chi connectivity index (χ0n) is 23.1. The van der Waals surface area contributed by atoms with Gasteiger partial charge in [0.25, 0.3) is 0 Å². The van der Waals surface area contributed by atoms with Gasteiger partial charge in [0.05, 0.1) is 17.8 Å². The highest BCUT2D eigenvalue weighted by atomic mass is 16.7. The molecule has 1 N–H and O–H groups in total. The third-order valence-corrected chi connectivity index (χ3v) is 6.98. The van der Waals surface area contributed by atoms with Crippen molar-refractivity contribution in [3.63, 3.8) is 0 Å². The maximum atomic E-state index is 12.8. The van der Waals surface area contributed by atoms with Gasteiger partial charge >= 0.3 is 19.2 Å². The summed E-state index contributed by atoms with van der Waals surface area (Å²) in [5.41, 5.74) is 0.433. The van der Waals surface area contributed by atoms with Gasteiger partial charge in [0.1, 0.15) is 23.5 Å². The first-order valence-electron chi connectivity index (χ1n) is 13.0. The highest BCUT2D eigenvalue weighted by molar-refractivity contribution is 6.62. The maximum Gasteiger partial charge on any atom is 0.495 e. The molecule has 0 radical (unpaired) electrons. The fraction of sp³-hybridized carbons (Fsp3) is 0.704. The number of hydrogen-bond acceptors (Lipinski definition) is 7. The fourth-order valence-electron chi connectivity index (χ4n) is 4.22. The van der Waals surface area contributed by atoms with Crippen LogP contribution in [-0.4, -0.2) is 54.7 Å². The Labute approximate surface area is 215 Å². The number of nitrogens with one attached hydrogen (secondary N) is 1. The Morgan fingerprint density at radius 3 is 2.28 bits per heavy atom. The largest absolute Gasteiger partial charge is 0.495 e. The van der Waals surface area contributed by atoms with Crippen LogP contribution in [0.5, 0.6) is 5.75 Å². The Morgan fingerprint density at radius 2 is 1.72 bits per heavy atom. The van der Waals surface area contributed by atoms with Gasteiger partial charge < -0.3 is 28.8 Å². The van der Waals surface area contributed by atoms with Gasteiger partial charge in [0.15, 0.2) is 0 Å². The van der Waals surface area contributed by atoms with Crippen LogP contribution in [0.1, 0.15) is 86.1 Å². The van der Waals surface area contributed by atoms with Crippen molar-refractivity contribution in [3.05, 3.63) is 23.8 Å². The van der Waals surface area contributed by atoms with E-state index in [-0.39, 0.29) is 19.1 Å². The molecule has 1 aromatic rings. The predicted octanol–water partition coefficient (Wildman–Crippen LogP) is 4.44. The number of rotatable bonds is 8. The molecule has 1 aliphatic heterocycles. The molecule has 0 aromatic heterocycles. The number of carbonyl (C=O) groups excluding carboxylic acids is 2. The number of amides is 1. The smallest absolute Gasteiger partial charge is 0.493 e. The Kier molecular flexibility index (Phi) is 8.66. The second-order valence-corrected chi connectivity index (χ2v) is 11.8. The zero-order valence-corrected chi connectivity index (χ0v) is 23.1. The van der Waals surface area contributed by atoms with E-state index in [1.807, 2.05) is 52.8 Å². The summed E-state index contributed by atoms with van der Waals surface area (Å²) in [5, 5.41) is 2.66. The van der Waals surface area contributed by atoms with Gasteiger partial charge in [-0.15, -0.1) is 0 Å². The second-order valence-electron chi connectivity index (χ2n) is 11.8. The topological polar surface area (TPSA) is 92.3 Å². The van der Waals surface area contributed by atoms with Gasteiger partial charge in [-0.3, -0.25) is 0 Å². The van der Waals surface area contributed by atoms with Crippen LogP contribution in [0.3, 0.4) is 0 Å². The lowest BCUT2D eigenvalue weighted by Crippen LogP contribution is -2.45. The molecule has 3 rings (SSSR count). The third kappa shape index (κ3) is 7.38. The van der Waals surface area contributed by atoms with Gasteiger partial charge in [0, 0.05) is 6.42 Å². The number of ether oxygens (including phenoxy) is 3. The minimum Gasteiger partial charge on any atom is -0.493 e. The summed E-state index contributed by atoms with van der Waals surface area (Å²) in [5.74, 6) is 0.205. The number of benzene rings is 1. The molecule has 1 aromatic carbocycles. The van der Waals surface area contributed by atoms with Crippen LogP contribution in [0.4, 0.5) is 4.79 Å². The minimum atomic E-state index is -0.856. The summed E-state index contributed by atoms with van der Waals surface area (Å²) in [7, 11) is -0.447. The van der Waals surface area contributed by atoms with E-state index in [0.717, 1.165) is 36.7 Å². The van der Waals surface area contributed by atoms with Gasteiger partial charge in [-0.1, -0.05) is 6.07 Å². The SMILES string of the molecule is Cc1cc(OCC[C@H](NC(=O)OC(C)(C)C)C(=O)OC2CCCC2)ccc1B1OC(C)(C)C(C)(C)O1. The van der Waals surface area contributed by atoms with E-state index in [2.05, 4.69) is 5.32 Å². The van der Waals surface area contributed by atoms with Gasteiger partial charge in [-0.25, -0.2) is 9.59 Å². The molecule has 200 valence electrons. The van der Waals surface area contributed by atoms with Crippen LogP contribution >= 0.6 is 0 Å². The van der Waals surface area contributed by atoms with E-state index >= 15 is 0 Å². The monoisotopic (exact) mass is 503 g/mol. The summed E-state index contributed by atoms with van der Waals surface area (Å²) >= 11 is 0. The number of hydrogen-bond donors (Lipinski definition) is 1. The Hall–Kier alpha value is -2.26. The molecule has 9 heteroatoms. The van der Waals surface area contributed by atoms with Crippen molar-refractivity contribution in [1.82, 2.24) is 5.32 Å². The average Bonchev–Trinajstić information content (AvgIpc) is 3.30. The first-order valence-corrected chi connectivity index (χ1v) is 13.0. The average molecular weight is 503 g/mol. The molecule has 1 aliphatic carbocycles. The van der Waals surface area contributed by atoms with Crippen LogP contribution in [-0.2, 0) is 23.6 Å². The van der Waals surface area contributed by atoms with Crippen molar-refractivity contribution >= 4 is 24.6 Å². The quantitative estimate of drug-likeness (QED) is 0.414. The van der Waals surface area contributed by atoms with Crippen molar-refractivity contribution in [2.75, 3.05) is 6.61 Å². The summed E-state index contributed by atoms with van der Waals surface area (Å²) < 4.78 is 29.3. The van der Waals surface area contributed by atoms with Gasteiger partial charge in [-0.05, 0) is 104 Å². The Balaban J connectivity index is 1.60. The molecule has 1 amide bonds. The molecule has 2 aliphatic rings. The molecule has 2 fully saturated rings. The lowest BCUT2D eigenvalue weighted by Gasteiger charge is -2.32. The van der Waals surface area contributed by atoms with Crippen molar-refractivity contribution in [1.29, 1.82) is 0 Å². The normalized spacial score (nSPS) is 20.2. The number of alkyl carbamates (subject to hydrolysis) is 1. The molecule has 36 heavy (non-hydrogen) atoms. The van der Waals surface area contributed by atoms with Crippen LogP contribution in [0.2, 0.25) is 0 Å². The van der Waals surface area contributed by atoms with Crippen LogP contribution in [0.15, 0.2) is 18.2 Å². The maximum absolute atomic E-state index is 12.8. The highest BCUT2D eigenvalue weighted by Gasteiger charge is 2.52. The lowest BCUT2D eigenvalue weighted by atomic mass is 9.76. The van der Waals surface area contributed by atoms with Crippen molar-refractivity contribution in [3.8, 4) is 5.75 Å². The Bertz CT molecular complexity index is 919. The minimum absolute atomic E-state index is 0.0912. The summed E-state index contributed by atoms with van der Waals surface area (Å²) in [6.45, 7) is 15.6. The van der Waals surface area contributed by atoms with Gasteiger partial charge in [0.2, 0.25) is 0 Å². The number of carbonyl (C=O) groups is 2. The molecule has 1 saturated carbocycles. The summed E-state index contributed by atoms with van der Waals surface area (Å²) in [4.78, 5) is 25.2. The van der Waals surface area contributed by atoms with Crippen LogP contribution < -0.4 is 15.5 Å². The first kappa shape index (κ1) is 28.3. The fourth-order valence-corrected chi connectivity index (χ4v) is 4.22. The van der Waals surface area contributed by atoms with E-state index in [1.54, 1.807) is 20.8 Å². The molecular weight excluding hydrogens is 461 g/mol. The Morgan fingerprint density at radius 1 is 1.11 bits per heavy atom.